The number of rotatable bonds is 9. The number of hydrogen-bond donors (Lipinski definition) is 2. The largest absolute Gasteiger partial charge is 0.382 e. The van der Waals surface area contributed by atoms with Crippen molar-refractivity contribution in [3.05, 3.63) is 29.6 Å². The van der Waals surface area contributed by atoms with Crippen LogP contribution in [0.25, 0.3) is 11.0 Å². The lowest BCUT2D eigenvalue weighted by atomic mass is 10.2. The van der Waals surface area contributed by atoms with E-state index in [4.69, 9.17) is 9.72 Å². The van der Waals surface area contributed by atoms with E-state index in [1.54, 1.807) is 0 Å². The minimum atomic E-state index is -0.0820. The minimum Gasteiger partial charge on any atom is -0.382 e. The summed E-state index contributed by atoms with van der Waals surface area (Å²) in [7, 11) is 2.00. The van der Waals surface area contributed by atoms with Crippen LogP contribution >= 0.6 is 0 Å². The number of urea groups is 1. The molecule has 2 N–H and O–H groups in total. The average Bonchev–Trinajstić information content (AvgIpc) is 3.08. The van der Waals surface area contributed by atoms with E-state index in [1.807, 2.05) is 50.9 Å². The topological polar surface area (TPSA) is 91.7 Å². The zero-order valence-corrected chi connectivity index (χ0v) is 19.7. The number of amides is 3. The van der Waals surface area contributed by atoms with E-state index in [2.05, 4.69) is 20.1 Å². The van der Waals surface area contributed by atoms with Gasteiger partial charge in [0.05, 0.1) is 17.6 Å². The fraction of sp³-hybridized carbons (Fsp3) is 0.609. The summed E-state index contributed by atoms with van der Waals surface area (Å²) in [5, 5.41) is 5.89. The van der Waals surface area contributed by atoms with Crippen molar-refractivity contribution >= 4 is 23.0 Å². The van der Waals surface area contributed by atoms with Crippen LogP contribution in [0.5, 0.6) is 0 Å². The third-order valence-electron chi connectivity index (χ3n) is 5.63. The summed E-state index contributed by atoms with van der Waals surface area (Å²) in [5.41, 5.74) is 2.45. The van der Waals surface area contributed by atoms with Crippen LogP contribution in [0.1, 0.15) is 43.4 Å². The van der Waals surface area contributed by atoms with Crippen LogP contribution < -0.4 is 10.6 Å². The Labute approximate surface area is 190 Å². The molecule has 176 valence electrons. The maximum Gasteiger partial charge on any atom is 0.317 e. The maximum atomic E-state index is 12.3. The van der Waals surface area contributed by atoms with E-state index in [-0.39, 0.29) is 18.0 Å². The van der Waals surface area contributed by atoms with Gasteiger partial charge in [-0.1, -0.05) is 0 Å². The Morgan fingerprint density at radius 2 is 1.94 bits per heavy atom. The predicted octanol–water partition coefficient (Wildman–Crippen LogP) is 1.97. The minimum absolute atomic E-state index is 0.00363. The molecule has 9 heteroatoms. The number of hydrogen-bond acceptors (Lipinski definition) is 5. The molecule has 2 heterocycles. The van der Waals surface area contributed by atoms with E-state index in [1.165, 1.54) is 0 Å². The van der Waals surface area contributed by atoms with Gasteiger partial charge in [0, 0.05) is 64.6 Å². The van der Waals surface area contributed by atoms with Gasteiger partial charge in [0.15, 0.2) is 0 Å². The first-order chi connectivity index (χ1) is 15.4. The van der Waals surface area contributed by atoms with Crippen LogP contribution in [0.3, 0.4) is 0 Å². The van der Waals surface area contributed by atoms with Gasteiger partial charge in [-0.2, -0.15) is 0 Å². The van der Waals surface area contributed by atoms with Crippen molar-refractivity contribution in [2.75, 3.05) is 45.9 Å². The number of aromatic nitrogens is 2. The molecule has 32 heavy (non-hydrogen) atoms. The molecular formula is C23H36N6O3. The number of carbonyl (C=O) groups is 2. The number of nitrogens with zero attached hydrogens (tertiary/aromatic N) is 4. The average molecular weight is 445 g/mol. The van der Waals surface area contributed by atoms with Crippen molar-refractivity contribution in [2.45, 2.75) is 39.8 Å². The second-order valence-corrected chi connectivity index (χ2v) is 8.46. The van der Waals surface area contributed by atoms with Crippen LogP contribution in [-0.2, 0) is 18.3 Å². The highest BCUT2D eigenvalue weighted by Gasteiger charge is 2.22. The first kappa shape index (κ1) is 24.0. The summed E-state index contributed by atoms with van der Waals surface area (Å²) >= 11 is 0. The first-order valence-corrected chi connectivity index (χ1v) is 11.5. The molecule has 1 aliphatic heterocycles. The highest BCUT2D eigenvalue weighted by atomic mass is 16.5. The second kappa shape index (κ2) is 11.3. The molecule has 1 aliphatic rings. The maximum absolute atomic E-state index is 12.3. The van der Waals surface area contributed by atoms with E-state index in [0.717, 1.165) is 36.4 Å². The molecule has 0 aliphatic carbocycles. The summed E-state index contributed by atoms with van der Waals surface area (Å²) in [6.45, 7) is 11.6. The highest BCUT2D eigenvalue weighted by molar-refractivity contribution is 5.97. The highest BCUT2D eigenvalue weighted by Crippen LogP contribution is 2.19. The quantitative estimate of drug-likeness (QED) is 0.577. The lowest BCUT2D eigenvalue weighted by Crippen LogP contribution is -2.51. The molecule has 3 rings (SSSR count). The van der Waals surface area contributed by atoms with Crippen molar-refractivity contribution in [2.24, 2.45) is 7.05 Å². The van der Waals surface area contributed by atoms with Gasteiger partial charge in [-0.3, -0.25) is 9.69 Å². The van der Waals surface area contributed by atoms with Crippen molar-refractivity contribution in [3.8, 4) is 0 Å². The molecule has 1 fully saturated rings. The smallest absolute Gasteiger partial charge is 0.317 e. The summed E-state index contributed by atoms with van der Waals surface area (Å²) in [6, 6.07) is 5.74. The van der Waals surface area contributed by atoms with Gasteiger partial charge in [0.25, 0.3) is 5.91 Å². The van der Waals surface area contributed by atoms with Crippen molar-refractivity contribution in [1.82, 2.24) is 30.0 Å². The third-order valence-corrected chi connectivity index (χ3v) is 5.63. The Bertz CT molecular complexity index is 918. The molecule has 0 spiro atoms. The number of aryl methyl sites for hydroxylation is 1. The fourth-order valence-corrected chi connectivity index (χ4v) is 3.81. The molecule has 0 unspecified atom stereocenters. The molecule has 0 bridgehead atoms. The lowest BCUT2D eigenvalue weighted by Gasteiger charge is -2.34. The van der Waals surface area contributed by atoms with Crippen molar-refractivity contribution in [3.63, 3.8) is 0 Å². The van der Waals surface area contributed by atoms with Crippen LogP contribution in [0.4, 0.5) is 4.79 Å². The molecular weight excluding hydrogens is 408 g/mol. The number of ether oxygens (including phenoxy) is 1. The number of nitrogens with one attached hydrogen (secondary N) is 2. The molecule has 1 aromatic heterocycles. The van der Waals surface area contributed by atoms with Crippen molar-refractivity contribution < 1.29 is 14.3 Å². The van der Waals surface area contributed by atoms with Crippen molar-refractivity contribution in [1.29, 1.82) is 0 Å². The molecule has 1 aromatic carbocycles. The fourth-order valence-electron chi connectivity index (χ4n) is 3.81. The van der Waals surface area contributed by atoms with E-state index < -0.39 is 0 Å². The monoisotopic (exact) mass is 444 g/mol. The van der Waals surface area contributed by atoms with Gasteiger partial charge in [0.1, 0.15) is 5.82 Å². The van der Waals surface area contributed by atoms with E-state index >= 15 is 0 Å². The number of benzene rings is 1. The number of piperazine rings is 1. The third kappa shape index (κ3) is 6.20. The summed E-state index contributed by atoms with van der Waals surface area (Å²) in [4.78, 5) is 33.6. The Balaban J connectivity index is 1.53. The van der Waals surface area contributed by atoms with Gasteiger partial charge in [-0.25, -0.2) is 9.78 Å². The van der Waals surface area contributed by atoms with E-state index in [0.29, 0.717) is 45.0 Å². The molecule has 3 amide bonds. The predicted molar refractivity (Wildman–Crippen MR) is 125 cm³/mol. The van der Waals surface area contributed by atoms with Gasteiger partial charge < -0.3 is 24.8 Å². The lowest BCUT2D eigenvalue weighted by molar-refractivity contribution is 0.0943. The van der Waals surface area contributed by atoms with Gasteiger partial charge in [-0.05, 0) is 45.4 Å². The number of carbonyl (C=O) groups excluding carboxylic acids is 2. The summed E-state index contributed by atoms with van der Waals surface area (Å²) < 4.78 is 7.38. The van der Waals surface area contributed by atoms with Crippen LogP contribution in [0.2, 0.25) is 0 Å². The molecule has 2 aromatic rings. The zero-order chi connectivity index (χ0) is 23.1. The first-order valence-electron chi connectivity index (χ1n) is 11.5. The Hall–Kier alpha value is -2.65. The molecule has 9 nitrogen and oxygen atoms in total. The second-order valence-electron chi connectivity index (χ2n) is 8.46. The Kier molecular flexibility index (Phi) is 8.46. The standard InChI is InChI=1S/C23H36N6O3/c1-5-32-14-6-9-24-23(31)29-12-10-28(11-13-29)16-21-26-19-15-18(22(30)25-17(2)3)7-8-20(19)27(21)4/h7-8,15,17H,5-6,9-14,16H2,1-4H3,(H,24,31)(H,25,30). The van der Waals surface area contributed by atoms with Crippen LogP contribution in [0.15, 0.2) is 18.2 Å². The normalized spacial score (nSPS) is 14.8. The number of fused-ring (bicyclic) bond motifs is 1. The zero-order valence-electron chi connectivity index (χ0n) is 19.7. The molecule has 0 saturated carbocycles. The summed E-state index contributed by atoms with van der Waals surface area (Å²) in [5.74, 6) is 0.872. The van der Waals surface area contributed by atoms with E-state index in [9.17, 15) is 9.59 Å². The molecule has 0 radical (unpaired) electrons. The Morgan fingerprint density at radius 1 is 1.19 bits per heavy atom. The van der Waals surface area contributed by atoms with Crippen LogP contribution in [0, 0.1) is 0 Å². The van der Waals surface area contributed by atoms with Gasteiger partial charge in [0.2, 0.25) is 0 Å². The number of imidazole rings is 1. The Morgan fingerprint density at radius 3 is 2.62 bits per heavy atom. The molecule has 1 saturated heterocycles. The van der Waals surface area contributed by atoms with Gasteiger partial charge in [-0.15, -0.1) is 0 Å². The molecule has 0 atom stereocenters. The summed E-state index contributed by atoms with van der Waals surface area (Å²) in [6.07, 6.45) is 0.826. The van der Waals surface area contributed by atoms with Gasteiger partial charge >= 0.3 is 6.03 Å². The SMILES string of the molecule is CCOCCCNC(=O)N1CCN(Cc2nc3cc(C(=O)NC(C)C)ccc3n2C)CC1. The van der Waals surface area contributed by atoms with Crippen LogP contribution in [-0.4, -0.2) is 83.3 Å².